The monoisotopic (exact) mass is 176 g/mol. The van der Waals surface area contributed by atoms with Crippen LogP contribution in [0.25, 0.3) is 0 Å². The highest BCUT2D eigenvalue weighted by Gasteiger charge is 2.17. The Morgan fingerprint density at radius 3 is 3.08 bits per heavy atom. The van der Waals surface area contributed by atoms with Crippen molar-refractivity contribution in [2.24, 2.45) is 0 Å². The summed E-state index contributed by atoms with van der Waals surface area (Å²) in [5.74, 6) is 0.486. The highest BCUT2D eigenvalue weighted by molar-refractivity contribution is 5.75. The smallest absolute Gasteiger partial charge is 0.150 e. The lowest BCUT2D eigenvalue weighted by Crippen LogP contribution is -1.97. The van der Waals surface area contributed by atoms with E-state index in [1.54, 1.807) is 0 Å². The van der Waals surface area contributed by atoms with Crippen LogP contribution in [0.4, 0.5) is 0 Å². The van der Waals surface area contributed by atoms with Crippen molar-refractivity contribution in [3.63, 3.8) is 0 Å². The topological polar surface area (TPSA) is 26.3 Å². The molecule has 1 aliphatic rings. The molecule has 1 saturated heterocycles. The molecule has 0 N–H and O–H groups in total. The molecule has 1 fully saturated rings. The maximum absolute atomic E-state index is 10.5. The van der Waals surface area contributed by atoms with Crippen molar-refractivity contribution in [3.05, 3.63) is 35.4 Å². The third kappa shape index (κ3) is 1.78. The number of hydrogen-bond acceptors (Lipinski definition) is 2. The van der Waals surface area contributed by atoms with E-state index >= 15 is 0 Å². The fraction of sp³-hybridized carbons (Fsp3) is 0.364. The van der Waals surface area contributed by atoms with Crippen LogP contribution < -0.4 is 0 Å². The molecule has 1 aromatic carbocycles. The minimum Gasteiger partial charge on any atom is -0.381 e. The average molecular weight is 176 g/mol. The molecular weight excluding hydrogens is 164 g/mol. The van der Waals surface area contributed by atoms with E-state index in [9.17, 15) is 4.79 Å². The van der Waals surface area contributed by atoms with E-state index in [0.717, 1.165) is 31.5 Å². The summed E-state index contributed by atoms with van der Waals surface area (Å²) in [6.45, 7) is 1.64. The van der Waals surface area contributed by atoms with Gasteiger partial charge in [-0.05, 0) is 18.1 Å². The number of benzene rings is 1. The second kappa shape index (κ2) is 3.71. The third-order valence-corrected chi connectivity index (χ3v) is 2.45. The minimum atomic E-state index is 0.486. The molecule has 0 aromatic heterocycles. The molecule has 2 nitrogen and oxygen atoms in total. The van der Waals surface area contributed by atoms with Crippen LogP contribution in [0.3, 0.4) is 0 Å². The fourth-order valence-corrected chi connectivity index (χ4v) is 1.68. The average Bonchev–Trinajstić information content (AvgIpc) is 2.71. The molecule has 0 saturated carbocycles. The van der Waals surface area contributed by atoms with E-state index in [0.29, 0.717) is 5.92 Å². The standard InChI is InChI=1S/C11H12O2/c12-7-9-2-1-3-10(6-9)11-4-5-13-8-11/h1-3,6-7,11H,4-5,8H2. The molecule has 2 heteroatoms. The normalized spacial score (nSPS) is 21.7. The van der Waals surface area contributed by atoms with Gasteiger partial charge < -0.3 is 4.74 Å². The van der Waals surface area contributed by atoms with Gasteiger partial charge in [-0.3, -0.25) is 4.79 Å². The van der Waals surface area contributed by atoms with Gasteiger partial charge in [0, 0.05) is 18.1 Å². The van der Waals surface area contributed by atoms with Gasteiger partial charge >= 0.3 is 0 Å². The largest absolute Gasteiger partial charge is 0.381 e. The van der Waals surface area contributed by atoms with E-state index in [1.807, 2.05) is 18.2 Å². The van der Waals surface area contributed by atoms with E-state index in [2.05, 4.69) is 6.07 Å². The number of carbonyl (C=O) groups excluding carboxylic acids is 1. The summed E-state index contributed by atoms with van der Waals surface area (Å²) in [6.07, 6.45) is 1.96. The van der Waals surface area contributed by atoms with E-state index in [-0.39, 0.29) is 0 Å². The zero-order valence-electron chi connectivity index (χ0n) is 7.40. The summed E-state index contributed by atoms with van der Waals surface area (Å²) < 4.78 is 5.30. The van der Waals surface area contributed by atoms with Crippen LogP contribution in [0.2, 0.25) is 0 Å². The summed E-state index contributed by atoms with van der Waals surface area (Å²) in [7, 11) is 0. The molecule has 1 atom stereocenters. The van der Waals surface area contributed by atoms with Gasteiger partial charge in [0.25, 0.3) is 0 Å². The van der Waals surface area contributed by atoms with Crippen LogP contribution in [0.1, 0.15) is 28.3 Å². The predicted molar refractivity (Wildman–Crippen MR) is 50.0 cm³/mol. The van der Waals surface area contributed by atoms with Crippen molar-refractivity contribution in [1.82, 2.24) is 0 Å². The van der Waals surface area contributed by atoms with Gasteiger partial charge in [0.1, 0.15) is 6.29 Å². The van der Waals surface area contributed by atoms with Gasteiger partial charge in [0.15, 0.2) is 0 Å². The Morgan fingerprint density at radius 2 is 2.38 bits per heavy atom. The van der Waals surface area contributed by atoms with Gasteiger partial charge in [-0.1, -0.05) is 18.2 Å². The van der Waals surface area contributed by atoms with Crippen LogP contribution in [0.15, 0.2) is 24.3 Å². The summed E-state index contributed by atoms with van der Waals surface area (Å²) in [5, 5.41) is 0. The molecule has 1 aromatic rings. The van der Waals surface area contributed by atoms with Crippen molar-refractivity contribution in [2.75, 3.05) is 13.2 Å². The first kappa shape index (κ1) is 8.45. The quantitative estimate of drug-likeness (QED) is 0.644. The van der Waals surface area contributed by atoms with Gasteiger partial charge in [-0.25, -0.2) is 0 Å². The summed E-state index contributed by atoms with van der Waals surface area (Å²) in [5.41, 5.74) is 1.98. The molecule has 1 heterocycles. The van der Waals surface area contributed by atoms with Gasteiger partial charge in [0.2, 0.25) is 0 Å². The van der Waals surface area contributed by atoms with E-state index < -0.39 is 0 Å². The van der Waals surface area contributed by atoms with Crippen LogP contribution >= 0.6 is 0 Å². The minimum absolute atomic E-state index is 0.486. The Balaban J connectivity index is 2.23. The van der Waals surface area contributed by atoms with Crippen LogP contribution in [-0.2, 0) is 4.74 Å². The SMILES string of the molecule is O=Cc1cccc(C2CCOC2)c1. The molecule has 0 aliphatic carbocycles. The molecule has 68 valence electrons. The molecule has 0 radical (unpaired) electrons. The zero-order valence-corrected chi connectivity index (χ0v) is 7.40. The van der Waals surface area contributed by atoms with Crippen molar-refractivity contribution >= 4 is 6.29 Å². The second-order valence-electron chi connectivity index (χ2n) is 3.35. The van der Waals surface area contributed by atoms with E-state index in [4.69, 9.17) is 4.74 Å². The molecule has 1 unspecified atom stereocenters. The third-order valence-electron chi connectivity index (χ3n) is 2.45. The summed E-state index contributed by atoms with van der Waals surface area (Å²) in [6, 6.07) is 7.77. The molecule has 1 aliphatic heterocycles. The maximum Gasteiger partial charge on any atom is 0.150 e. The first-order valence-corrected chi connectivity index (χ1v) is 4.53. The summed E-state index contributed by atoms with van der Waals surface area (Å²) in [4.78, 5) is 10.5. The number of ether oxygens (including phenoxy) is 1. The van der Waals surface area contributed by atoms with Gasteiger partial charge in [-0.15, -0.1) is 0 Å². The highest BCUT2D eigenvalue weighted by Crippen LogP contribution is 2.25. The molecule has 0 bridgehead atoms. The van der Waals surface area contributed by atoms with Crippen molar-refractivity contribution in [1.29, 1.82) is 0 Å². The number of aldehydes is 1. The Kier molecular flexibility index (Phi) is 2.41. The lowest BCUT2D eigenvalue weighted by molar-refractivity contribution is 0.112. The molecule has 13 heavy (non-hydrogen) atoms. The maximum atomic E-state index is 10.5. The molecule has 0 spiro atoms. The number of hydrogen-bond donors (Lipinski definition) is 0. The Bertz CT molecular complexity index is 301. The first-order chi connectivity index (χ1) is 6.40. The summed E-state index contributed by atoms with van der Waals surface area (Å²) >= 11 is 0. The highest BCUT2D eigenvalue weighted by atomic mass is 16.5. The Hall–Kier alpha value is -1.15. The molecule has 2 rings (SSSR count). The Morgan fingerprint density at radius 1 is 1.46 bits per heavy atom. The molecule has 0 amide bonds. The lowest BCUT2D eigenvalue weighted by Gasteiger charge is -2.07. The fourth-order valence-electron chi connectivity index (χ4n) is 1.68. The second-order valence-corrected chi connectivity index (χ2v) is 3.35. The van der Waals surface area contributed by atoms with Crippen molar-refractivity contribution in [2.45, 2.75) is 12.3 Å². The number of carbonyl (C=O) groups is 1. The Labute approximate surface area is 77.5 Å². The number of rotatable bonds is 2. The van der Waals surface area contributed by atoms with E-state index in [1.165, 1.54) is 5.56 Å². The van der Waals surface area contributed by atoms with Crippen LogP contribution in [0.5, 0.6) is 0 Å². The van der Waals surface area contributed by atoms with Crippen LogP contribution in [0, 0.1) is 0 Å². The van der Waals surface area contributed by atoms with Crippen LogP contribution in [-0.4, -0.2) is 19.5 Å². The van der Waals surface area contributed by atoms with Crippen molar-refractivity contribution < 1.29 is 9.53 Å². The van der Waals surface area contributed by atoms with Crippen molar-refractivity contribution in [3.8, 4) is 0 Å². The predicted octanol–water partition coefficient (Wildman–Crippen LogP) is 2.00. The zero-order chi connectivity index (χ0) is 9.10. The van der Waals surface area contributed by atoms with Gasteiger partial charge in [-0.2, -0.15) is 0 Å². The molecular formula is C11H12O2. The lowest BCUT2D eigenvalue weighted by atomic mass is 9.97. The first-order valence-electron chi connectivity index (χ1n) is 4.53. The van der Waals surface area contributed by atoms with Gasteiger partial charge in [0.05, 0.1) is 6.61 Å².